The van der Waals surface area contributed by atoms with Gasteiger partial charge < -0.3 is 4.74 Å². The van der Waals surface area contributed by atoms with Crippen LogP contribution in [0.2, 0.25) is 5.02 Å². The molecule has 1 atom stereocenters. The monoisotopic (exact) mass is 497 g/mol. The predicted molar refractivity (Wildman–Crippen MR) is 117 cm³/mol. The standard InChI is InChI=1S/C19H17BrClN3O2S2/c20-17-8-7-16(28-17)15(25)11-27-19-23-22-18(12-3-5-13(21)6-4-12)24(19)10-14-2-1-9-26-14/h3-8,14H,1-2,9-11H2. The molecule has 146 valence electrons. The number of carbonyl (C=O) groups excluding carboxylic acids is 1. The molecule has 4 rings (SSSR count). The quantitative estimate of drug-likeness (QED) is 0.314. The van der Waals surface area contributed by atoms with Gasteiger partial charge in [0.25, 0.3) is 0 Å². The highest BCUT2D eigenvalue weighted by Crippen LogP contribution is 2.29. The van der Waals surface area contributed by atoms with E-state index in [4.69, 9.17) is 16.3 Å². The van der Waals surface area contributed by atoms with Gasteiger partial charge in [-0.2, -0.15) is 0 Å². The maximum atomic E-state index is 12.5. The number of carbonyl (C=O) groups is 1. The molecule has 1 aliphatic rings. The van der Waals surface area contributed by atoms with E-state index in [2.05, 4.69) is 30.7 Å². The van der Waals surface area contributed by atoms with Gasteiger partial charge in [0.2, 0.25) is 0 Å². The second-order valence-electron chi connectivity index (χ2n) is 6.37. The minimum atomic E-state index is 0.0837. The second-order valence-corrected chi connectivity index (χ2v) is 10.2. The van der Waals surface area contributed by atoms with Crippen molar-refractivity contribution in [2.24, 2.45) is 0 Å². The van der Waals surface area contributed by atoms with E-state index in [1.54, 1.807) is 0 Å². The average Bonchev–Trinajstić information content (AvgIpc) is 3.43. The topological polar surface area (TPSA) is 57.0 Å². The molecule has 0 radical (unpaired) electrons. The SMILES string of the molecule is O=C(CSc1nnc(-c2ccc(Cl)cc2)n1CC1CCCO1)c1ccc(Br)s1. The van der Waals surface area contributed by atoms with Crippen LogP contribution in [-0.2, 0) is 11.3 Å². The Kier molecular flexibility index (Phi) is 6.52. The van der Waals surface area contributed by atoms with Crippen LogP contribution in [-0.4, -0.2) is 39.0 Å². The van der Waals surface area contributed by atoms with Crippen molar-refractivity contribution >= 4 is 56.4 Å². The number of rotatable bonds is 7. The first-order chi connectivity index (χ1) is 13.6. The van der Waals surface area contributed by atoms with Gasteiger partial charge in [-0.05, 0) is 65.2 Å². The van der Waals surface area contributed by atoms with E-state index in [0.29, 0.717) is 17.3 Å². The molecule has 0 N–H and O–H groups in total. The van der Waals surface area contributed by atoms with Crippen molar-refractivity contribution in [3.05, 3.63) is 50.1 Å². The minimum Gasteiger partial charge on any atom is -0.376 e. The highest BCUT2D eigenvalue weighted by atomic mass is 79.9. The first-order valence-corrected chi connectivity index (χ1v) is 11.8. The van der Waals surface area contributed by atoms with Gasteiger partial charge in [-0.3, -0.25) is 9.36 Å². The molecule has 1 aromatic carbocycles. The van der Waals surface area contributed by atoms with Gasteiger partial charge in [-0.25, -0.2) is 0 Å². The Bertz CT molecular complexity index is 968. The van der Waals surface area contributed by atoms with Gasteiger partial charge in [-0.1, -0.05) is 23.4 Å². The van der Waals surface area contributed by atoms with Crippen molar-refractivity contribution in [3.8, 4) is 11.4 Å². The van der Waals surface area contributed by atoms with E-state index < -0.39 is 0 Å². The van der Waals surface area contributed by atoms with E-state index in [-0.39, 0.29) is 11.9 Å². The molecule has 3 aromatic rings. The van der Waals surface area contributed by atoms with Gasteiger partial charge in [0.1, 0.15) is 0 Å². The molecule has 3 heterocycles. The molecule has 0 saturated carbocycles. The maximum Gasteiger partial charge on any atom is 0.192 e. The number of thiophene rings is 1. The number of hydrogen-bond donors (Lipinski definition) is 0. The first-order valence-electron chi connectivity index (χ1n) is 8.82. The zero-order valence-corrected chi connectivity index (χ0v) is 18.8. The summed E-state index contributed by atoms with van der Waals surface area (Å²) in [5.41, 5.74) is 0.940. The number of thioether (sulfide) groups is 1. The lowest BCUT2D eigenvalue weighted by Gasteiger charge is -2.14. The van der Waals surface area contributed by atoms with Crippen LogP contribution in [0.25, 0.3) is 11.4 Å². The summed E-state index contributed by atoms with van der Waals surface area (Å²) in [5, 5.41) is 10.2. The Hall–Kier alpha value is -1.19. The van der Waals surface area contributed by atoms with Gasteiger partial charge in [0, 0.05) is 17.2 Å². The van der Waals surface area contributed by atoms with Crippen LogP contribution in [0.15, 0.2) is 45.3 Å². The van der Waals surface area contributed by atoms with Gasteiger partial charge >= 0.3 is 0 Å². The van der Waals surface area contributed by atoms with Crippen LogP contribution in [0.5, 0.6) is 0 Å². The van der Waals surface area contributed by atoms with E-state index in [1.165, 1.54) is 23.1 Å². The highest BCUT2D eigenvalue weighted by molar-refractivity contribution is 9.11. The fourth-order valence-corrected chi connectivity index (χ4v) is 5.40. The number of benzene rings is 1. The Labute approximate surface area is 184 Å². The average molecular weight is 499 g/mol. The molecular weight excluding hydrogens is 482 g/mol. The number of aromatic nitrogens is 3. The van der Waals surface area contributed by atoms with Crippen molar-refractivity contribution in [3.63, 3.8) is 0 Å². The fourth-order valence-electron chi connectivity index (χ4n) is 3.03. The summed E-state index contributed by atoms with van der Waals surface area (Å²) in [6, 6.07) is 11.3. The van der Waals surface area contributed by atoms with E-state index >= 15 is 0 Å². The van der Waals surface area contributed by atoms with Crippen LogP contribution >= 0.6 is 50.6 Å². The lowest BCUT2D eigenvalue weighted by Crippen LogP contribution is -2.17. The lowest BCUT2D eigenvalue weighted by molar-refractivity contribution is 0.0953. The molecule has 2 aromatic heterocycles. The summed E-state index contributed by atoms with van der Waals surface area (Å²) in [6.45, 7) is 1.46. The van der Waals surface area contributed by atoms with Crippen molar-refractivity contribution in [2.45, 2.75) is 30.6 Å². The molecule has 5 nitrogen and oxygen atoms in total. The lowest BCUT2D eigenvalue weighted by atomic mass is 10.2. The van der Waals surface area contributed by atoms with E-state index in [0.717, 1.165) is 44.7 Å². The molecule has 1 saturated heterocycles. The van der Waals surface area contributed by atoms with Crippen molar-refractivity contribution in [2.75, 3.05) is 12.4 Å². The van der Waals surface area contributed by atoms with E-state index in [9.17, 15) is 4.79 Å². The molecule has 9 heteroatoms. The molecule has 1 aliphatic heterocycles. The number of nitrogens with zero attached hydrogens (tertiary/aromatic N) is 3. The highest BCUT2D eigenvalue weighted by Gasteiger charge is 2.22. The van der Waals surface area contributed by atoms with Crippen molar-refractivity contribution < 1.29 is 9.53 Å². The fraction of sp³-hybridized carbons (Fsp3) is 0.316. The third kappa shape index (κ3) is 4.68. The third-order valence-corrected chi connectivity index (χ3v) is 7.29. The molecule has 0 spiro atoms. The minimum absolute atomic E-state index is 0.0837. The summed E-state index contributed by atoms with van der Waals surface area (Å²) >= 11 is 12.3. The van der Waals surface area contributed by atoms with Crippen LogP contribution in [0, 0.1) is 0 Å². The van der Waals surface area contributed by atoms with Crippen molar-refractivity contribution in [1.29, 1.82) is 0 Å². The first kappa shape index (κ1) is 20.1. The molecule has 28 heavy (non-hydrogen) atoms. The predicted octanol–water partition coefficient (Wildman–Crippen LogP) is 5.58. The summed E-state index contributed by atoms with van der Waals surface area (Å²) < 4.78 is 8.82. The Morgan fingerprint density at radius 3 is 2.79 bits per heavy atom. The molecule has 0 aliphatic carbocycles. The zero-order chi connectivity index (χ0) is 19.5. The zero-order valence-electron chi connectivity index (χ0n) is 14.8. The number of ketones is 1. The number of Topliss-reactive ketones (excluding diaryl/α,β-unsaturated/α-hetero) is 1. The van der Waals surface area contributed by atoms with Crippen LogP contribution in [0.1, 0.15) is 22.5 Å². The Morgan fingerprint density at radius 2 is 2.11 bits per heavy atom. The molecule has 0 amide bonds. The molecule has 1 fully saturated rings. The number of ether oxygens (including phenoxy) is 1. The maximum absolute atomic E-state index is 12.5. The van der Waals surface area contributed by atoms with Gasteiger partial charge in [-0.15, -0.1) is 21.5 Å². The Morgan fingerprint density at radius 1 is 1.29 bits per heavy atom. The van der Waals surface area contributed by atoms with Crippen molar-refractivity contribution in [1.82, 2.24) is 14.8 Å². The largest absolute Gasteiger partial charge is 0.376 e. The number of halogens is 2. The molecular formula is C19H17BrClN3O2S2. The van der Waals surface area contributed by atoms with Crippen LogP contribution in [0.3, 0.4) is 0 Å². The smallest absolute Gasteiger partial charge is 0.192 e. The summed E-state index contributed by atoms with van der Waals surface area (Å²) in [5.74, 6) is 1.17. The van der Waals surface area contributed by atoms with Crippen LogP contribution in [0.4, 0.5) is 0 Å². The van der Waals surface area contributed by atoms with Crippen LogP contribution < -0.4 is 0 Å². The second kappa shape index (κ2) is 9.09. The van der Waals surface area contributed by atoms with E-state index in [1.807, 2.05) is 36.4 Å². The Balaban J connectivity index is 1.56. The van der Waals surface area contributed by atoms with Gasteiger partial charge in [0.15, 0.2) is 16.8 Å². The summed E-state index contributed by atoms with van der Waals surface area (Å²) in [4.78, 5) is 13.2. The normalized spacial score (nSPS) is 16.6. The van der Waals surface area contributed by atoms with Gasteiger partial charge in [0.05, 0.1) is 27.1 Å². The third-order valence-electron chi connectivity index (χ3n) is 4.41. The molecule has 0 bridgehead atoms. The summed E-state index contributed by atoms with van der Waals surface area (Å²) in [7, 11) is 0. The number of hydrogen-bond acceptors (Lipinski definition) is 6. The molecule has 1 unspecified atom stereocenters. The summed E-state index contributed by atoms with van der Waals surface area (Å²) in [6.07, 6.45) is 2.23.